The molecule has 1 aliphatic heterocycles. The summed E-state index contributed by atoms with van der Waals surface area (Å²) in [6.45, 7) is 0.990. The van der Waals surface area contributed by atoms with Gasteiger partial charge in [0.05, 0.1) is 18.8 Å². The van der Waals surface area contributed by atoms with Crippen LogP contribution in [0.4, 0.5) is 0 Å². The molecule has 7 atom stereocenters. The fourth-order valence-corrected chi connectivity index (χ4v) is 2.55. The maximum absolute atomic E-state index is 10.0. The second-order valence-electron chi connectivity index (χ2n) is 5.44. The van der Waals surface area contributed by atoms with E-state index in [1.807, 2.05) is 0 Å². The fourth-order valence-electron chi connectivity index (χ4n) is 2.55. The van der Waals surface area contributed by atoms with Crippen LogP contribution in [0.3, 0.4) is 0 Å². The Bertz CT molecular complexity index is 479. The Labute approximate surface area is 126 Å². The number of aliphatic hydroxyl groups is 7. The molecule has 2 rings (SSSR count). The number of rotatable bonds is 3. The molecule has 1 heterocycles. The lowest BCUT2D eigenvalue weighted by Crippen LogP contribution is -2.62. The molecule has 0 radical (unpaired) electrons. The van der Waals surface area contributed by atoms with Crippen LogP contribution in [0.5, 0.6) is 0 Å². The van der Waals surface area contributed by atoms with Gasteiger partial charge >= 0.3 is 0 Å². The number of aliphatic hydroxyl groups excluding tert-OH is 7. The molecular weight excluding hydrogens is 298 g/mol. The van der Waals surface area contributed by atoms with E-state index in [0.29, 0.717) is 0 Å². The maximum atomic E-state index is 10.0. The van der Waals surface area contributed by atoms with Crippen molar-refractivity contribution < 1.29 is 40.5 Å². The van der Waals surface area contributed by atoms with Crippen molar-refractivity contribution in [2.75, 3.05) is 6.61 Å². The highest BCUT2D eigenvalue weighted by atomic mass is 16.6. The Morgan fingerprint density at radius 3 is 2.32 bits per heavy atom. The molecule has 0 aromatic carbocycles. The largest absolute Gasteiger partial charge is 0.509 e. The Morgan fingerprint density at radius 2 is 1.73 bits per heavy atom. The van der Waals surface area contributed by atoms with E-state index in [0.717, 1.165) is 0 Å². The second-order valence-corrected chi connectivity index (χ2v) is 5.44. The van der Waals surface area contributed by atoms with Crippen molar-refractivity contribution in [3.8, 4) is 0 Å². The van der Waals surface area contributed by atoms with Gasteiger partial charge in [-0.05, 0) is 13.0 Å². The molecule has 1 saturated heterocycles. The molecule has 126 valence electrons. The second kappa shape index (κ2) is 6.50. The van der Waals surface area contributed by atoms with E-state index in [1.54, 1.807) is 6.92 Å². The molecule has 0 amide bonds. The molecule has 9 heteroatoms. The third-order valence-corrected chi connectivity index (χ3v) is 3.93. The predicted octanol–water partition coefficient (Wildman–Crippen LogP) is -3.17. The highest BCUT2D eigenvalue weighted by molar-refractivity contribution is 5.36. The van der Waals surface area contributed by atoms with E-state index in [2.05, 4.69) is 5.32 Å². The van der Waals surface area contributed by atoms with E-state index < -0.39 is 55.2 Å². The van der Waals surface area contributed by atoms with Gasteiger partial charge in [0.25, 0.3) is 0 Å². The maximum Gasteiger partial charge on any atom is 0.183 e. The average Bonchev–Trinajstić information content (AvgIpc) is 2.49. The van der Waals surface area contributed by atoms with Gasteiger partial charge in [-0.2, -0.15) is 0 Å². The fraction of sp³-hybridized carbons (Fsp3) is 0.692. The lowest BCUT2D eigenvalue weighted by atomic mass is 9.93. The van der Waals surface area contributed by atoms with Gasteiger partial charge in [0, 0.05) is 11.3 Å². The Morgan fingerprint density at radius 1 is 1.09 bits per heavy atom. The van der Waals surface area contributed by atoms with E-state index in [4.69, 9.17) is 9.84 Å². The summed E-state index contributed by atoms with van der Waals surface area (Å²) in [5.74, 6) is -0.538. The quantitative estimate of drug-likeness (QED) is 0.268. The van der Waals surface area contributed by atoms with Crippen molar-refractivity contribution in [2.24, 2.45) is 0 Å². The van der Waals surface area contributed by atoms with Crippen molar-refractivity contribution in [1.82, 2.24) is 5.32 Å². The van der Waals surface area contributed by atoms with Crippen LogP contribution < -0.4 is 5.32 Å². The first-order valence-electron chi connectivity index (χ1n) is 6.84. The zero-order chi connectivity index (χ0) is 16.6. The lowest BCUT2D eigenvalue weighted by Gasteiger charge is -2.41. The van der Waals surface area contributed by atoms with Crippen molar-refractivity contribution in [3.05, 3.63) is 23.1 Å². The molecule has 0 aromatic rings. The monoisotopic (exact) mass is 319 g/mol. The van der Waals surface area contributed by atoms with Crippen LogP contribution >= 0.6 is 0 Å². The molecule has 0 spiro atoms. The van der Waals surface area contributed by atoms with Gasteiger partial charge in [-0.25, -0.2) is 0 Å². The standard InChI is InChI=1S/C13H21NO8/c1-4-7(10(18)12(20)13(21)22-4)14-6-2-5(3-15)8(16)11(19)9(6)17/h2,4,7,9-21H,3H2,1H3/t4?,7-,9+,10+,11+,12-,13-/m1/s1. The first-order valence-corrected chi connectivity index (χ1v) is 6.84. The molecule has 9 nitrogen and oxygen atoms in total. The van der Waals surface area contributed by atoms with Crippen LogP contribution in [-0.2, 0) is 4.74 Å². The zero-order valence-electron chi connectivity index (χ0n) is 11.9. The van der Waals surface area contributed by atoms with E-state index >= 15 is 0 Å². The van der Waals surface area contributed by atoms with Gasteiger partial charge in [-0.1, -0.05) is 0 Å². The molecule has 1 aliphatic carbocycles. The van der Waals surface area contributed by atoms with Crippen LogP contribution in [-0.4, -0.2) is 85.2 Å². The smallest absolute Gasteiger partial charge is 0.183 e. The summed E-state index contributed by atoms with van der Waals surface area (Å²) >= 11 is 0. The van der Waals surface area contributed by atoms with Crippen LogP contribution in [0.15, 0.2) is 23.1 Å². The van der Waals surface area contributed by atoms with Crippen molar-refractivity contribution in [3.63, 3.8) is 0 Å². The summed E-state index contributed by atoms with van der Waals surface area (Å²) in [5.41, 5.74) is 0.0530. The predicted molar refractivity (Wildman–Crippen MR) is 72.3 cm³/mol. The van der Waals surface area contributed by atoms with Gasteiger partial charge in [0.1, 0.15) is 30.2 Å². The van der Waals surface area contributed by atoms with Crippen molar-refractivity contribution >= 4 is 0 Å². The SMILES string of the molecule is CC1O[C@@H](O)[C@H](O)[C@@H](O)[C@@H]1NC1=CC(CO)=C(O)[C@H](O)[C@H]1O. The average molecular weight is 319 g/mol. The van der Waals surface area contributed by atoms with E-state index in [9.17, 15) is 30.6 Å². The third-order valence-electron chi connectivity index (χ3n) is 3.93. The summed E-state index contributed by atoms with van der Waals surface area (Å²) in [7, 11) is 0. The topological polar surface area (TPSA) is 163 Å². The van der Waals surface area contributed by atoms with Gasteiger partial charge in [-0.3, -0.25) is 0 Å². The minimum absolute atomic E-state index is 0.0137. The number of ether oxygens (including phenoxy) is 1. The molecule has 0 saturated carbocycles. The van der Waals surface area contributed by atoms with Crippen LogP contribution in [0, 0.1) is 0 Å². The zero-order valence-corrected chi connectivity index (χ0v) is 11.9. The molecule has 0 aromatic heterocycles. The highest BCUT2D eigenvalue weighted by Gasteiger charge is 2.43. The molecule has 1 fully saturated rings. The van der Waals surface area contributed by atoms with Gasteiger partial charge in [0.2, 0.25) is 0 Å². The van der Waals surface area contributed by atoms with Crippen LogP contribution in [0.25, 0.3) is 0 Å². The van der Waals surface area contributed by atoms with Gasteiger partial charge in [0.15, 0.2) is 6.29 Å². The van der Waals surface area contributed by atoms with Crippen molar-refractivity contribution in [2.45, 2.75) is 49.8 Å². The molecule has 22 heavy (non-hydrogen) atoms. The Kier molecular flexibility index (Phi) is 5.07. The summed E-state index contributed by atoms with van der Waals surface area (Å²) in [5, 5.41) is 70.2. The summed E-state index contributed by atoms with van der Waals surface area (Å²) in [6.07, 6.45) is -7.06. The van der Waals surface area contributed by atoms with Crippen molar-refractivity contribution in [1.29, 1.82) is 0 Å². The summed E-state index contributed by atoms with van der Waals surface area (Å²) < 4.78 is 5.06. The van der Waals surface area contributed by atoms with Gasteiger partial charge < -0.3 is 45.8 Å². The molecule has 1 unspecified atom stereocenters. The van der Waals surface area contributed by atoms with E-state index in [1.165, 1.54) is 6.08 Å². The molecular formula is C13H21NO8. The molecule has 0 bridgehead atoms. The van der Waals surface area contributed by atoms with Gasteiger partial charge in [-0.15, -0.1) is 0 Å². The van der Waals surface area contributed by atoms with E-state index in [-0.39, 0.29) is 11.3 Å². The number of hydrogen-bond acceptors (Lipinski definition) is 9. The lowest BCUT2D eigenvalue weighted by molar-refractivity contribution is -0.253. The number of nitrogens with one attached hydrogen (secondary N) is 1. The molecule has 2 aliphatic rings. The summed E-state index contributed by atoms with van der Waals surface area (Å²) in [4.78, 5) is 0. The molecule has 8 N–H and O–H groups in total. The third kappa shape index (κ3) is 2.97. The Balaban J connectivity index is 2.22. The minimum Gasteiger partial charge on any atom is -0.509 e. The summed E-state index contributed by atoms with van der Waals surface area (Å²) in [6, 6.07) is -0.883. The minimum atomic E-state index is -1.62. The highest BCUT2D eigenvalue weighted by Crippen LogP contribution is 2.25. The Hall–Kier alpha value is -1.20. The first-order chi connectivity index (χ1) is 10.3. The first kappa shape index (κ1) is 17.2. The normalized spacial score (nSPS) is 43.0. The van der Waals surface area contributed by atoms with Crippen LogP contribution in [0.1, 0.15) is 6.92 Å². The van der Waals surface area contributed by atoms with Crippen LogP contribution in [0.2, 0.25) is 0 Å². The number of hydrogen-bond donors (Lipinski definition) is 8.